The molecule has 25 heavy (non-hydrogen) atoms. The van der Waals surface area contributed by atoms with Crippen LogP contribution in [0, 0.1) is 12.8 Å². The topological polar surface area (TPSA) is 71.0 Å². The van der Waals surface area contributed by atoms with Crippen LogP contribution in [0.3, 0.4) is 0 Å². The molecule has 0 bridgehead atoms. The van der Waals surface area contributed by atoms with Gasteiger partial charge in [-0.05, 0) is 25.3 Å². The number of hydrogen-bond donors (Lipinski definition) is 1. The van der Waals surface area contributed by atoms with Gasteiger partial charge in [0.2, 0.25) is 5.91 Å². The van der Waals surface area contributed by atoms with Crippen molar-refractivity contribution in [2.24, 2.45) is 5.92 Å². The standard InChI is InChI=1S/C18H28N4O2S/c1-6-7-8-21(5)15(23)11-25-18-20-14-9-13(4)19-16(14)17(24)22(18)10-12(2)3/h9,12,19H,6-8,10-11H2,1-5H3. The van der Waals surface area contributed by atoms with Crippen LogP contribution in [0.2, 0.25) is 0 Å². The third kappa shape index (κ3) is 4.87. The number of fused-ring (bicyclic) bond motifs is 1. The number of amides is 1. The summed E-state index contributed by atoms with van der Waals surface area (Å²) in [4.78, 5) is 34.6. The third-order valence-electron chi connectivity index (χ3n) is 3.98. The fourth-order valence-corrected chi connectivity index (χ4v) is 3.55. The molecule has 1 N–H and O–H groups in total. The minimum Gasteiger partial charge on any atom is -0.353 e. The largest absolute Gasteiger partial charge is 0.353 e. The van der Waals surface area contributed by atoms with E-state index in [0.717, 1.165) is 25.1 Å². The fraction of sp³-hybridized carbons (Fsp3) is 0.611. The van der Waals surface area contributed by atoms with Gasteiger partial charge in [-0.2, -0.15) is 0 Å². The van der Waals surface area contributed by atoms with Gasteiger partial charge < -0.3 is 9.88 Å². The average Bonchev–Trinajstić information content (AvgIpc) is 2.93. The van der Waals surface area contributed by atoms with Gasteiger partial charge in [0.05, 0.1) is 11.3 Å². The Hall–Kier alpha value is -1.76. The Labute approximate surface area is 153 Å². The molecule has 6 nitrogen and oxygen atoms in total. The summed E-state index contributed by atoms with van der Waals surface area (Å²) in [5.41, 5.74) is 2.04. The van der Waals surface area contributed by atoms with Gasteiger partial charge in [-0.3, -0.25) is 14.2 Å². The highest BCUT2D eigenvalue weighted by atomic mass is 32.2. The fourth-order valence-electron chi connectivity index (χ4n) is 2.60. The van der Waals surface area contributed by atoms with Crippen LogP contribution >= 0.6 is 11.8 Å². The summed E-state index contributed by atoms with van der Waals surface area (Å²) in [6, 6.07) is 1.87. The minimum absolute atomic E-state index is 0.0640. The molecule has 0 unspecified atom stereocenters. The Morgan fingerprint density at radius 2 is 2.16 bits per heavy atom. The van der Waals surface area contributed by atoms with Crippen molar-refractivity contribution >= 4 is 28.7 Å². The molecule has 0 radical (unpaired) electrons. The number of hydrogen-bond acceptors (Lipinski definition) is 4. The van der Waals surface area contributed by atoms with Crippen molar-refractivity contribution in [2.45, 2.75) is 52.2 Å². The lowest BCUT2D eigenvalue weighted by atomic mass is 10.2. The Bertz CT molecular complexity index is 794. The van der Waals surface area contributed by atoms with Crippen LogP contribution in [0.15, 0.2) is 16.0 Å². The van der Waals surface area contributed by atoms with Crippen molar-refractivity contribution in [1.29, 1.82) is 0 Å². The maximum atomic E-state index is 12.8. The molecule has 138 valence electrons. The Morgan fingerprint density at radius 3 is 2.80 bits per heavy atom. The highest BCUT2D eigenvalue weighted by Gasteiger charge is 2.16. The van der Waals surface area contributed by atoms with Crippen molar-refractivity contribution < 1.29 is 4.79 Å². The van der Waals surface area contributed by atoms with Gasteiger partial charge in [-0.25, -0.2) is 4.98 Å². The van der Waals surface area contributed by atoms with E-state index in [1.165, 1.54) is 11.8 Å². The van der Waals surface area contributed by atoms with E-state index in [2.05, 4.69) is 30.7 Å². The van der Waals surface area contributed by atoms with E-state index in [1.807, 2.05) is 20.0 Å². The number of carbonyl (C=O) groups excluding carboxylic acids is 1. The van der Waals surface area contributed by atoms with Crippen molar-refractivity contribution in [3.8, 4) is 0 Å². The van der Waals surface area contributed by atoms with Crippen LogP contribution in [0.4, 0.5) is 0 Å². The minimum atomic E-state index is -0.0684. The van der Waals surface area contributed by atoms with Gasteiger partial charge in [0, 0.05) is 25.8 Å². The van der Waals surface area contributed by atoms with Gasteiger partial charge in [-0.15, -0.1) is 0 Å². The van der Waals surface area contributed by atoms with E-state index in [4.69, 9.17) is 0 Å². The number of nitrogens with zero attached hydrogens (tertiary/aromatic N) is 3. The molecule has 0 atom stereocenters. The Morgan fingerprint density at radius 1 is 1.44 bits per heavy atom. The molecular formula is C18H28N4O2S. The molecule has 2 rings (SSSR count). The number of aromatic amines is 1. The molecule has 0 fully saturated rings. The van der Waals surface area contributed by atoms with Crippen LogP contribution in [0.25, 0.3) is 11.0 Å². The second kappa shape index (κ2) is 8.56. The molecule has 0 saturated carbocycles. The number of aryl methyl sites for hydroxylation is 1. The van der Waals surface area contributed by atoms with E-state index in [0.29, 0.717) is 34.4 Å². The number of rotatable bonds is 8. The van der Waals surface area contributed by atoms with Crippen molar-refractivity contribution in [1.82, 2.24) is 19.4 Å². The van der Waals surface area contributed by atoms with Crippen LogP contribution in [-0.4, -0.2) is 44.7 Å². The van der Waals surface area contributed by atoms with Crippen molar-refractivity contribution in [2.75, 3.05) is 19.3 Å². The third-order valence-corrected chi connectivity index (χ3v) is 4.94. The zero-order valence-corrected chi connectivity index (χ0v) is 16.6. The predicted molar refractivity (Wildman–Crippen MR) is 103 cm³/mol. The number of unbranched alkanes of at least 4 members (excludes halogenated alkanes) is 1. The monoisotopic (exact) mass is 364 g/mol. The normalized spacial score (nSPS) is 11.4. The molecule has 0 aliphatic heterocycles. The van der Waals surface area contributed by atoms with Gasteiger partial charge in [-0.1, -0.05) is 39.0 Å². The molecule has 0 saturated heterocycles. The van der Waals surface area contributed by atoms with Gasteiger partial charge in [0.25, 0.3) is 5.56 Å². The zero-order valence-electron chi connectivity index (χ0n) is 15.8. The summed E-state index contributed by atoms with van der Waals surface area (Å²) in [6.07, 6.45) is 2.06. The van der Waals surface area contributed by atoms with Gasteiger partial charge in [0.1, 0.15) is 5.52 Å². The summed E-state index contributed by atoms with van der Waals surface area (Å²) < 4.78 is 1.69. The average molecular weight is 365 g/mol. The SMILES string of the molecule is CCCCN(C)C(=O)CSc1nc2cc(C)[nH]c2c(=O)n1CC(C)C. The van der Waals surface area contributed by atoms with E-state index in [-0.39, 0.29) is 11.5 Å². The number of thioether (sulfide) groups is 1. The molecule has 0 spiro atoms. The molecule has 2 aromatic rings. The lowest BCUT2D eigenvalue weighted by molar-refractivity contribution is -0.127. The van der Waals surface area contributed by atoms with Gasteiger partial charge in [0.15, 0.2) is 5.16 Å². The van der Waals surface area contributed by atoms with Crippen molar-refractivity contribution in [3.05, 3.63) is 22.1 Å². The molecule has 2 aromatic heterocycles. The first kappa shape index (κ1) is 19.6. The maximum Gasteiger partial charge on any atom is 0.278 e. The maximum absolute atomic E-state index is 12.8. The zero-order chi connectivity index (χ0) is 18.6. The van der Waals surface area contributed by atoms with Crippen LogP contribution in [0.1, 0.15) is 39.3 Å². The molecule has 0 aliphatic rings. The van der Waals surface area contributed by atoms with Crippen LogP contribution in [-0.2, 0) is 11.3 Å². The summed E-state index contributed by atoms with van der Waals surface area (Å²) in [7, 11) is 1.83. The molecule has 7 heteroatoms. The molecular weight excluding hydrogens is 336 g/mol. The molecule has 2 heterocycles. The Kier molecular flexibility index (Phi) is 6.70. The van der Waals surface area contributed by atoms with Crippen LogP contribution < -0.4 is 5.56 Å². The molecule has 1 amide bonds. The number of carbonyl (C=O) groups is 1. The van der Waals surface area contributed by atoms with Crippen LogP contribution in [0.5, 0.6) is 0 Å². The lowest BCUT2D eigenvalue weighted by Crippen LogP contribution is -2.30. The first-order valence-corrected chi connectivity index (χ1v) is 9.79. The van der Waals surface area contributed by atoms with E-state index in [9.17, 15) is 9.59 Å². The first-order chi connectivity index (χ1) is 11.8. The highest BCUT2D eigenvalue weighted by molar-refractivity contribution is 7.99. The molecule has 0 aromatic carbocycles. The summed E-state index contributed by atoms with van der Waals surface area (Å²) >= 11 is 1.34. The summed E-state index contributed by atoms with van der Waals surface area (Å²) in [5, 5.41) is 0.613. The van der Waals surface area contributed by atoms with E-state index in [1.54, 1.807) is 9.47 Å². The lowest BCUT2D eigenvalue weighted by Gasteiger charge is -2.17. The first-order valence-electron chi connectivity index (χ1n) is 8.80. The smallest absolute Gasteiger partial charge is 0.278 e. The quantitative estimate of drug-likeness (QED) is 0.577. The Balaban J connectivity index is 2.26. The number of H-pyrrole nitrogens is 1. The second-order valence-corrected chi connectivity index (χ2v) is 7.82. The van der Waals surface area contributed by atoms with Gasteiger partial charge >= 0.3 is 0 Å². The number of aromatic nitrogens is 3. The van der Waals surface area contributed by atoms with Crippen molar-refractivity contribution in [3.63, 3.8) is 0 Å². The summed E-state index contributed by atoms with van der Waals surface area (Å²) in [6.45, 7) is 9.49. The molecule has 0 aliphatic carbocycles. The van der Waals surface area contributed by atoms with E-state index >= 15 is 0 Å². The van der Waals surface area contributed by atoms with E-state index < -0.39 is 0 Å². The number of nitrogens with one attached hydrogen (secondary N) is 1. The second-order valence-electron chi connectivity index (χ2n) is 6.87. The predicted octanol–water partition coefficient (Wildman–Crippen LogP) is 3.04. The highest BCUT2D eigenvalue weighted by Crippen LogP contribution is 2.19. The summed E-state index contributed by atoms with van der Waals surface area (Å²) in [5.74, 6) is 0.670.